The lowest BCUT2D eigenvalue weighted by Crippen LogP contribution is -2.50. The third-order valence-electron chi connectivity index (χ3n) is 6.02. The van der Waals surface area contributed by atoms with Crippen LogP contribution in [0.5, 0.6) is 0 Å². The molecule has 0 atom stereocenters. The number of nitrogens with zero attached hydrogens (tertiary/aromatic N) is 2. The van der Waals surface area contributed by atoms with E-state index in [0.29, 0.717) is 29.2 Å². The summed E-state index contributed by atoms with van der Waals surface area (Å²) in [7, 11) is -3.67. The monoisotopic (exact) mass is 490 g/mol. The molecule has 2 aliphatic rings. The fraction of sp³-hybridized carbons (Fsp3) is 0.409. The van der Waals surface area contributed by atoms with Crippen molar-refractivity contribution in [1.29, 1.82) is 0 Å². The summed E-state index contributed by atoms with van der Waals surface area (Å²) in [5.41, 5.74) is 7.38. The van der Waals surface area contributed by atoms with Crippen LogP contribution in [0, 0.1) is 0 Å². The highest BCUT2D eigenvalue weighted by Crippen LogP contribution is 2.38. The SMILES string of the molecule is CC(=O)c1ccc(S(=O)(=O)N2CCN(CC(=O)Nc3sc4c(c3C(N)=O)CCC4)CC2)cc1. The zero-order valence-electron chi connectivity index (χ0n) is 18.3. The van der Waals surface area contributed by atoms with Crippen molar-refractivity contribution in [3.8, 4) is 0 Å². The minimum atomic E-state index is -3.67. The van der Waals surface area contributed by atoms with Gasteiger partial charge >= 0.3 is 0 Å². The Bertz CT molecular complexity index is 1200. The average Bonchev–Trinajstić information content (AvgIpc) is 3.34. The number of sulfonamides is 1. The lowest BCUT2D eigenvalue weighted by molar-refractivity contribution is -0.117. The number of nitrogens with one attached hydrogen (secondary N) is 1. The van der Waals surface area contributed by atoms with Gasteiger partial charge in [0.25, 0.3) is 5.91 Å². The fourth-order valence-corrected chi connectivity index (χ4v) is 6.99. The van der Waals surface area contributed by atoms with Crippen LogP contribution in [0.25, 0.3) is 0 Å². The summed E-state index contributed by atoms with van der Waals surface area (Å²) in [5, 5.41) is 3.33. The first-order chi connectivity index (χ1) is 15.7. The topological polar surface area (TPSA) is 130 Å². The summed E-state index contributed by atoms with van der Waals surface area (Å²) >= 11 is 1.41. The molecule has 2 heterocycles. The molecule has 1 aromatic carbocycles. The lowest BCUT2D eigenvalue weighted by Gasteiger charge is -2.33. The summed E-state index contributed by atoms with van der Waals surface area (Å²) in [6, 6.07) is 5.91. The van der Waals surface area contributed by atoms with Gasteiger partial charge in [0.05, 0.1) is 17.0 Å². The predicted molar refractivity (Wildman–Crippen MR) is 125 cm³/mol. The zero-order chi connectivity index (χ0) is 23.8. The molecular weight excluding hydrogens is 464 g/mol. The molecule has 0 spiro atoms. The molecule has 1 fully saturated rings. The van der Waals surface area contributed by atoms with Crippen molar-refractivity contribution in [3.05, 3.63) is 45.8 Å². The number of thiophene rings is 1. The molecule has 9 nitrogen and oxygen atoms in total. The summed E-state index contributed by atoms with van der Waals surface area (Å²) in [6.45, 7) is 2.85. The van der Waals surface area contributed by atoms with Gasteiger partial charge in [0, 0.05) is 36.6 Å². The number of hydrogen-bond donors (Lipinski definition) is 2. The molecule has 0 radical (unpaired) electrons. The number of benzene rings is 1. The standard InChI is InChI=1S/C22H26N4O5S2/c1-14(27)15-5-7-16(8-6-15)33(30,31)26-11-9-25(10-12-26)13-19(28)24-22-20(21(23)29)17-3-2-4-18(17)32-22/h5-8H,2-4,9-13H2,1H3,(H2,23,29)(H,24,28). The van der Waals surface area contributed by atoms with Gasteiger partial charge in [0.15, 0.2) is 5.78 Å². The van der Waals surface area contributed by atoms with Crippen LogP contribution in [0.1, 0.15) is 44.5 Å². The highest BCUT2D eigenvalue weighted by molar-refractivity contribution is 7.89. The van der Waals surface area contributed by atoms with Crippen LogP contribution in [-0.2, 0) is 27.7 Å². The van der Waals surface area contributed by atoms with Gasteiger partial charge in [0.2, 0.25) is 15.9 Å². The Labute approximate surface area is 196 Å². The molecule has 176 valence electrons. The van der Waals surface area contributed by atoms with E-state index in [0.717, 1.165) is 29.7 Å². The summed E-state index contributed by atoms with van der Waals surface area (Å²) in [6.07, 6.45) is 2.68. The van der Waals surface area contributed by atoms with Crippen LogP contribution in [0.3, 0.4) is 0 Å². The lowest BCUT2D eigenvalue weighted by atomic mass is 10.1. The van der Waals surface area contributed by atoms with Crippen molar-refractivity contribution in [2.45, 2.75) is 31.1 Å². The Kier molecular flexibility index (Phi) is 6.66. The summed E-state index contributed by atoms with van der Waals surface area (Å²) in [4.78, 5) is 39.1. The third-order valence-corrected chi connectivity index (χ3v) is 9.14. The summed E-state index contributed by atoms with van der Waals surface area (Å²) in [5.74, 6) is -0.908. The van der Waals surface area contributed by atoms with Crippen molar-refractivity contribution in [1.82, 2.24) is 9.21 Å². The van der Waals surface area contributed by atoms with Crippen molar-refractivity contribution < 1.29 is 22.8 Å². The maximum atomic E-state index is 12.9. The number of anilines is 1. The van der Waals surface area contributed by atoms with Gasteiger partial charge in [-0.1, -0.05) is 12.1 Å². The molecule has 2 amide bonds. The zero-order valence-corrected chi connectivity index (χ0v) is 19.9. The molecule has 11 heteroatoms. The van der Waals surface area contributed by atoms with Gasteiger partial charge < -0.3 is 11.1 Å². The van der Waals surface area contributed by atoms with Gasteiger partial charge in [-0.25, -0.2) is 8.42 Å². The van der Waals surface area contributed by atoms with E-state index in [-0.39, 0.29) is 36.2 Å². The van der Waals surface area contributed by atoms with Crippen molar-refractivity contribution in [2.24, 2.45) is 5.73 Å². The van der Waals surface area contributed by atoms with Crippen LogP contribution in [0.4, 0.5) is 5.00 Å². The first kappa shape index (κ1) is 23.6. The number of primary amides is 1. The van der Waals surface area contributed by atoms with Crippen LogP contribution < -0.4 is 11.1 Å². The Hall–Kier alpha value is -2.60. The second-order valence-corrected chi connectivity index (χ2v) is 11.3. The number of carbonyl (C=O) groups excluding carboxylic acids is 3. The second kappa shape index (κ2) is 9.34. The largest absolute Gasteiger partial charge is 0.365 e. The van der Waals surface area contributed by atoms with E-state index >= 15 is 0 Å². The summed E-state index contributed by atoms with van der Waals surface area (Å²) < 4.78 is 27.2. The Morgan fingerprint density at radius 1 is 1.06 bits per heavy atom. The van der Waals surface area contributed by atoms with E-state index < -0.39 is 15.9 Å². The quantitative estimate of drug-likeness (QED) is 0.566. The molecule has 4 rings (SSSR count). The van der Waals surface area contributed by atoms with E-state index in [1.165, 1.54) is 46.8 Å². The molecule has 1 aliphatic heterocycles. The van der Waals surface area contributed by atoms with Crippen LogP contribution in [0.2, 0.25) is 0 Å². The van der Waals surface area contributed by atoms with E-state index in [9.17, 15) is 22.8 Å². The van der Waals surface area contributed by atoms with E-state index in [1.54, 1.807) is 0 Å². The molecular formula is C22H26N4O5S2. The molecule has 1 aromatic heterocycles. The number of hydrogen-bond acceptors (Lipinski definition) is 7. The van der Waals surface area contributed by atoms with Crippen LogP contribution in [0.15, 0.2) is 29.2 Å². The van der Waals surface area contributed by atoms with Gasteiger partial charge in [-0.3, -0.25) is 19.3 Å². The second-order valence-electron chi connectivity index (χ2n) is 8.23. The third kappa shape index (κ3) is 4.86. The van der Waals surface area contributed by atoms with Crippen molar-refractivity contribution in [3.63, 3.8) is 0 Å². The van der Waals surface area contributed by atoms with E-state index in [4.69, 9.17) is 5.73 Å². The number of amides is 2. The molecule has 0 unspecified atom stereocenters. The van der Waals surface area contributed by atoms with Crippen LogP contribution >= 0.6 is 11.3 Å². The molecule has 2 aromatic rings. The predicted octanol–water partition coefficient (Wildman–Crippen LogP) is 1.48. The Morgan fingerprint density at radius 3 is 2.33 bits per heavy atom. The molecule has 0 bridgehead atoms. The molecule has 33 heavy (non-hydrogen) atoms. The number of nitrogens with two attached hydrogens (primary N) is 1. The highest BCUT2D eigenvalue weighted by Gasteiger charge is 2.30. The van der Waals surface area contributed by atoms with Crippen molar-refractivity contribution >= 4 is 44.0 Å². The van der Waals surface area contributed by atoms with Gasteiger partial charge in [0.1, 0.15) is 5.00 Å². The van der Waals surface area contributed by atoms with Gasteiger partial charge in [-0.05, 0) is 43.9 Å². The minimum absolute atomic E-state index is 0.0992. The fourth-order valence-electron chi connectivity index (χ4n) is 4.26. The minimum Gasteiger partial charge on any atom is -0.365 e. The first-order valence-electron chi connectivity index (χ1n) is 10.7. The molecule has 1 saturated heterocycles. The van der Waals surface area contributed by atoms with E-state index in [1.807, 2.05) is 4.90 Å². The smallest absolute Gasteiger partial charge is 0.251 e. The number of rotatable bonds is 7. The number of aryl methyl sites for hydroxylation is 1. The number of piperazine rings is 1. The first-order valence-corrected chi connectivity index (χ1v) is 13.0. The number of carbonyl (C=O) groups is 3. The van der Waals surface area contributed by atoms with Gasteiger partial charge in [-0.2, -0.15) is 4.31 Å². The Balaban J connectivity index is 1.34. The Morgan fingerprint density at radius 2 is 1.73 bits per heavy atom. The van der Waals surface area contributed by atoms with Crippen molar-refractivity contribution in [2.75, 3.05) is 38.0 Å². The molecule has 1 aliphatic carbocycles. The molecule has 0 saturated carbocycles. The number of Topliss-reactive ketones (excluding diaryl/α,β-unsaturated/α-hetero) is 1. The van der Waals surface area contributed by atoms with E-state index in [2.05, 4.69) is 5.32 Å². The highest BCUT2D eigenvalue weighted by atomic mass is 32.2. The number of ketones is 1. The van der Waals surface area contributed by atoms with Crippen LogP contribution in [-0.4, -0.2) is 67.9 Å². The maximum Gasteiger partial charge on any atom is 0.251 e. The average molecular weight is 491 g/mol. The molecule has 3 N–H and O–H groups in total. The normalized spacial score (nSPS) is 17.0. The number of fused-ring (bicyclic) bond motifs is 1. The maximum absolute atomic E-state index is 12.9. The van der Waals surface area contributed by atoms with Gasteiger partial charge in [-0.15, -0.1) is 11.3 Å².